The minimum atomic E-state index is -4.54. The van der Waals surface area contributed by atoms with Crippen molar-refractivity contribution >= 4 is 77.8 Å². The normalized spacial score (nSPS) is 22.4. The Labute approximate surface area is 545 Å². The monoisotopic (exact) mass is 1350 g/mol. The highest BCUT2D eigenvalue weighted by Crippen LogP contribution is 2.57. The van der Waals surface area contributed by atoms with Crippen LogP contribution in [0.5, 0.6) is 11.5 Å². The van der Waals surface area contributed by atoms with Gasteiger partial charge < -0.3 is 58.8 Å². The molecule has 96 heavy (non-hydrogen) atoms. The molecule has 3 amide bonds. The molecule has 10 rings (SSSR count). The highest BCUT2D eigenvalue weighted by Gasteiger charge is 2.65. The van der Waals surface area contributed by atoms with Gasteiger partial charge in [-0.25, -0.2) is 14.4 Å². The number of hydrogen-bond acceptors (Lipinski definition) is 24. The Balaban J connectivity index is 0.000000192. The molecule has 32 nitrogen and oxygen atoms in total. The number of nitrogens with zero attached hydrogens (tertiary/aromatic N) is 7. The van der Waals surface area contributed by atoms with E-state index in [0.717, 1.165) is 0 Å². The van der Waals surface area contributed by atoms with Crippen LogP contribution in [-0.4, -0.2) is 140 Å². The average molecular weight is 1350 g/mol. The van der Waals surface area contributed by atoms with Crippen LogP contribution in [0, 0.1) is 65.9 Å². The van der Waals surface area contributed by atoms with E-state index in [9.17, 15) is 88.6 Å². The van der Waals surface area contributed by atoms with Crippen molar-refractivity contribution in [1.82, 2.24) is 15.1 Å². The van der Waals surface area contributed by atoms with Crippen molar-refractivity contribution in [3.63, 3.8) is 0 Å². The van der Waals surface area contributed by atoms with Crippen LogP contribution in [0.4, 0.5) is 17.1 Å². The number of aliphatic hydroxyl groups excluding tert-OH is 3. The predicted molar refractivity (Wildman–Crippen MR) is 327 cm³/mol. The quantitative estimate of drug-likeness (QED) is 0.00571. The topological polar surface area (TPSA) is 454 Å². The summed E-state index contributed by atoms with van der Waals surface area (Å²) in [5.74, 6) is -9.91. The van der Waals surface area contributed by atoms with Crippen LogP contribution in [0.1, 0.15) is 58.2 Å². The summed E-state index contributed by atoms with van der Waals surface area (Å²) in [5, 5.41) is 64.3. The second-order valence-corrected chi connectivity index (χ2v) is 24.3. The van der Waals surface area contributed by atoms with Crippen molar-refractivity contribution in [2.75, 3.05) is 0 Å². The van der Waals surface area contributed by atoms with E-state index >= 15 is 0 Å². The van der Waals surface area contributed by atoms with Gasteiger partial charge in [0.1, 0.15) is 37.1 Å². The Morgan fingerprint density at radius 2 is 1.02 bits per heavy atom. The van der Waals surface area contributed by atoms with Crippen molar-refractivity contribution < 1.29 is 106 Å². The van der Waals surface area contributed by atoms with E-state index in [0.29, 0.717) is 16.7 Å². The van der Waals surface area contributed by atoms with Crippen molar-refractivity contribution in [3.8, 4) is 11.5 Å². The molecule has 0 spiro atoms. The molecule has 5 aromatic rings. The molecule has 5 aliphatic heterocycles. The summed E-state index contributed by atoms with van der Waals surface area (Å²) < 4.78 is 47.1. The SMILES string of the molecule is C[C@@H](O)[C@H]1C(=O)N2C(C(=O)OCc3ccc([N+](=O)[O-])cc3)=C(OP(=O)(Oc3ccccc3)Oc3ccccc3)[C@H](C)[C@H]12.C[C@@H](O)[C@H]1C(=O)N2C(C(=O)OCc3ccc([N+](=O)[O-])cc3)C(=O)[C@H](C)[C@H]12.C[C@@H](O)[C@H]1C(=O)N[C@@H]1[C@@H](C)C(=O)C(=[N+]=[N-])C(=O)OCc1ccc([N+](=O)[O-])cc1. The first-order valence-electron chi connectivity index (χ1n) is 29.5. The summed E-state index contributed by atoms with van der Waals surface area (Å²) >= 11 is 0. The van der Waals surface area contributed by atoms with E-state index in [1.54, 1.807) is 74.5 Å². The van der Waals surface area contributed by atoms with E-state index in [4.69, 9.17) is 33.3 Å². The molecule has 4 N–H and O–H groups in total. The number of nitrogens with one attached hydrogen (secondary N) is 1. The molecule has 0 aliphatic carbocycles. The molecule has 4 saturated heterocycles. The van der Waals surface area contributed by atoms with Gasteiger partial charge >= 0.3 is 31.4 Å². The summed E-state index contributed by atoms with van der Waals surface area (Å²) in [6, 6.07) is 29.3. The number of nitro benzene ring substituents is 3. The number of aliphatic hydroxyl groups is 3. The number of fused-ring (bicyclic) bond motifs is 2. The van der Waals surface area contributed by atoms with E-state index < -0.39 is 153 Å². The number of amides is 3. The Hall–Kier alpha value is -10.9. The number of β-lactam (4-membered cyclic amide) rings is 3. The number of phosphoric ester groups is 1. The molecule has 0 bridgehead atoms. The number of non-ortho nitro benzene ring substituents is 3. The first-order valence-corrected chi connectivity index (χ1v) is 31.0. The lowest BCUT2D eigenvalue weighted by molar-refractivity contribution is -0.385. The van der Waals surface area contributed by atoms with Gasteiger partial charge in [-0.05, 0) is 98.1 Å². The van der Waals surface area contributed by atoms with Gasteiger partial charge in [0.05, 0.1) is 69.0 Å². The van der Waals surface area contributed by atoms with Crippen LogP contribution in [0.3, 0.4) is 0 Å². The zero-order valence-electron chi connectivity index (χ0n) is 51.8. The molecule has 504 valence electrons. The Kier molecular flexibility index (Phi) is 22.2. The number of ether oxygens (including phenoxy) is 3. The number of phosphoric acid groups is 1. The predicted octanol–water partition coefficient (Wildman–Crippen LogP) is 5.43. The fourth-order valence-corrected chi connectivity index (χ4v) is 12.8. The molecule has 1 unspecified atom stereocenters. The van der Waals surface area contributed by atoms with Gasteiger partial charge in [0.2, 0.25) is 17.7 Å². The van der Waals surface area contributed by atoms with Gasteiger partial charge in [0.15, 0.2) is 17.5 Å². The minimum Gasteiger partial charge on any atom is -0.459 e. The second-order valence-electron chi connectivity index (χ2n) is 22.8. The number of benzene rings is 5. The smallest absolute Gasteiger partial charge is 0.459 e. The number of esters is 3. The molecule has 0 radical (unpaired) electrons. The lowest BCUT2D eigenvalue weighted by Gasteiger charge is -2.46. The molecule has 4 fully saturated rings. The highest BCUT2D eigenvalue weighted by atomic mass is 31.2. The summed E-state index contributed by atoms with van der Waals surface area (Å²) in [4.78, 5) is 135. The third-order valence-electron chi connectivity index (χ3n) is 16.5. The van der Waals surface area contributed by atoms with Crippen LogP contribution in [0.25, 0.3) is 5.53 Å². The zero-order chi connectivity index (χ0) is 70.2. The molecular weight excluding hydrogens is 1280 g/mol. The summed E-state index contributed by atoms with van der Waals surface area (Å²) in [5.41, 5.74) is 9.00. The third-order valence-corrected chi connectivity index (χ3v) is 17.8. The number of ketones is 2. The molecule has 5 heterocycles. The van der Waals surface area contributed by atoms with Crippen LogP contribution in [0.15, 0.2) is 145 Å². The van der Waals surface area contributed by atoms with Crippen molar-refractivity contribution in [2.24, 2.45) is 35.5 Å². The fourth-order valence-electron chi connectivity index (χ4n) is 11.5. The van der Waals surface area contributed by atoms with E-state index in [1.807, 2.05) is 0 Å². The van der Waals surface area contributed by atoms with Crippen LogP contribution in [-0.2, 0) is 81.5 Å². The Morgan fingerprint density at radius 1 is 0.594 bits per heavy atom. The van der Waals surface area contributed by atoms with E-state index in [2.05, 4.69) is 10.1 Å². The standard InChI is InChI=1S/C29H27N2O10P.C17H18N4O7.C17H18N2O7/c1-18-25-24(19(2)32)28(33)30(25)26(29(34)38-17-20-13-15-21(16-14-20)31(35)36)27(18)41-42(37,39-22-9-5-3-6-10-22)40-23-11-7-4-8-12-23;1-8(13-12(9(2)22)16(24)19-13)15(23)14(20-18)17(25)28-7-10-3-5-11(6-4-10)21(26)27;1-8-13-12(9(2)20)16(22)18(13)14(15(8)21)17(23)26-7-10-3-5-11(6-4-10)19(24)25/h3-16,18-19,24-25,32H,17H2,1-2H3;3-6,8-9,12-13,22H,7H2,1-2H3,(H,19,24);3-6,8-9,12-14,20H,7H2,1-2H3/t18-,19-,24-,25-;8-,9-,12-,13-;8-,9-,12-,13-,14?/m111/s1. The number of rotatable bonds is 24. The van der Waals surface area contributed by atoms with Gasteiger partial charge in [-0.1, -0.05) is 57.2 Å². The minimum absolute atomic E-state index is 0.0851. The average Bonchev–Trinajstić information content (AvgIpc) is 1.55. The maximum Gasteiger partial charge on any atom is 0.646 e. The largest absolute Gasteiger partial charge is 0.646 e. The van der Waals surface area contributed by atoms with Gasteiger partial charge in [-0.15, -0.1) is 0 Å². The number of Topliss-reactive ketones (excluding diaryl/α,β-unsaturated/α-hetero) is 2. The molecule has 5 aliphatic rings. The van der Waals surface area contributed by atoms with Gasteiger partial charge in [0, 0.05) is 54.2 Å². The summed E-state index contributed by atoms with van der Waals surface area (Å²) in [6.07, 6.45) is -2.91. The van der Waals surface area contributed by atoms with Gasteiger partial charge in [-0.2, -0.15) is 9.35 Å². The molecule has 0 aromatic heterocycles. The lowest BCUT2D eigenvalue weighted by atomic mass is 9.76. The summed E-state index contributed by atoms with van der Waals surface area (Å²) in [7, 11) is -4.54. The third kappa shape index (κ3) is 15.3. The maximum absolute atomic E-state index is 14.2. The van der Waals surface area contributed by atoms with Crippen LogP contribution in [0.2, 0.25) is 0 Å². The maximum atomic E-state index is 14.2. The second kappa shape index (κ2) is 30.0. The van der Waals surface area contributed by atoms with Gasteiger partial charge in [-0.3, -0.25) is 59.2 Å². The van der Waals surface area contributed by atoms with E-state index in [-0.39, 0.29) is 59.8 Å². The molecular formula is C63H63N8O24P. The van der Waals surface area contributed by atoms with Crippen molar-refractivity contribution in [2.45, 2.75) is 104 Å². The Bertz CT molecular complexity index is 3930. The van der Waals surface area contributed by atoms with Gasteiger partial charge in [0.25, 0.3) is 22.8 Å². The highest BCUT2D eigenvalue weighted by molar-refractivity contribution is 7.49. The summed E-state index contributed by atoms with van der Waals surface area (Å²) in [6.45, 7) is 8.36. The first-order chi connectivity index (χ1) is 45.5. The Morgan fingerprint density at radius 3 is 1.44 bits per heavy atom. The lowest BCUT2D eigenvalue weighted by Crippen LogP contribution is -2.66. The van der Waals surface area contributed by atoms with Crippen molar-refractivity contribution in [3.05, 3.63) is 197 Å². The molecule has 33 heteroatoms. The zero-order valence-corrected chi connectivity index (χ0v) is 52.7. The number of carbonyl (C=O) groups is 8. The number of hydrogen-bond donors (Lipinski definition) is 4. The molecule has 13 atom stereocenters. The van der Waals surface area contributed by atoms with E-state index in [1.165, 1.54) is 110 Å². The number of nitro groups is 3. The first kappa shape index (κ1) is 70.9. The van der Waals surface area contributed by atoms with Crippen LogP contribution >= 0.6 is 7.82 Å². The number of carbonyl (C=O) groups excluding carboxylic acids is 8. The molecule has 5 aromatic carbocycles. The number of para-hydroxylation sites is 2. The molecule has 0 saturated carbocycles. The van der Waals surface area contributed by atoms with Crippen LogP contribution < -0.4 is 14.4 Å². The van der Waals surface area contributed by atoms with Crippen molar-refractivity contribution in [1.29, 1.82) is 0 Å². The fraction of sp³-hybridized carbons (Fsp3) is 0.349.